The van der Waals surface area contributed by atoms with Crippen LogP contribution in [0.25, 0.3) is 11.1 Å². The van der Waals surface area contributed by atoms with E-state index in [0.717, 1.165) is 6.42 Å². The Morgan fingerprint density at radius 2 is 2.15 bits per heavy atom. The number of rotatable bonds is 4. The topological polar surface area (TPSA) is 90.0 Å². The molecule has 20 heavy (non-hydrogen) atoms. The minimum Gasteiger partial charge on any atom is -0.352 e. The molecule has 1 unspecified atom stereocenters. The molecule has 0 saturated heterocycles. The van der Waals surface area contributed by atoms with Gasteiger partial charge in [0.05, 0.1) is 5.69 Å². The summed E-state index contributed by atoms with van der Waals surface area (Å²) in [6.45, 7) is 7.18. The fourth-order valence-corrected chi connectivity index (χ4v) is 1.92. The molecule has 1 N–H and O–H groups in total. The quantitative estimate of drug-likeness (QED) is 0.898. The summed E-state index contributed by atoms with van der Waals surface area (Å²) in [5.41, 5.74) is 0.391. The van der Waals surface area contributed by atoms with Gasteiger partial charge in [0.25, 0.3) is 11.3 Å². The Hall–Kier alpha value is -2.18. The Kier molecular flexibility index (Phi) is 3.87. The minimum atomic E-state index is -0.300. The van der Waals surface area contributed by atoms with Crippen molar-refractivity contribution in [3.05, 3.63) is 21.9 Å². The second kappa shape index (κ2) is 5.44. The molecule has 0 spiro atoms. The third-order valence-corrected chi connectivity index (χ3v) is 3.28. The fourth-order valence-electron chi connectivity index (χ4n) is 1.92. The van der Waals surface area contributed by atoms with Crippen molar-refractivity contribution < 1.29 is 9.32 Å². The first-order chi connectivity index (χ1) is 9.43. The van der Waals surface area contributed by atoms with E-state index in [9.17, 15) is 9.59 Å². The molecule has 0 fully saturated rings. The number of nitrogens with one attached hydrogen (secondary N) is 1. The van der Waals surface area contributed by atoms with Gasteiger partial charge in [-0.05, 0) is 27.2 Å². The highest BCUT2D eigenvalue weighted by atomic mass is 16.5. The number of hydrogen-bond donors (Lipinski definition) is 1. The molecule has 0 aliphatic rings. The monoisotopic (exact) mass is 278 g/mol. The Labute approximate surface area is 116 Å². The molecule has 108 valence electrons. The smallest absolute Gasteiger partial charge is 0.267 e. The largest absolute Gasteiger partial charge is 0.352 e. The van der Waals surface area contributed by atoms with E-state index in [0.29, 0.717) is 16.9 Å². The lowest BCUT2D eigenvalue weighted by atomic mass is 10.2. The highest BCUT2D eigenvalue weighted by Gasteiger charge is 2.17. The average molecular weight is 278 g/mol. The summed E-state index contributed by atoms with van der Waals surface area (Å²) in [6, 6.07) is 0.0764. The first-order valence-corrected chi connectivity index (χ1v) is 6.56. The van der Waals surface area contributed by atoms with Crippen LogP contribution in [-0.2, 0) is 11.3 Å². The van der Waals surface area contributed by atoms with Crippen LogP contribution in [0.4, 0.5) is 0 Å². The molecule has 0 aromatic carbocycles. The summed E-state index contributed by atoms with van der Waals surface area (Å²) in [4.78, 5) is 28.4. The standard InChI is InChI=1S/C13H18N4O3/c1-5-7(2)14-10(18)6-17-9(4)15-12-11(13(17)19)8(3)16-20-12/h7H,5-6H2,1-4H3,(H,14,18). The van der Waals surface area contributed by atoms with Crippen LogP contribution in [0.1, 0.15) is 31.8 Å². The Morgan fingerprint density at radius 1 is 1.45 bits per heavy atom. The number of carbonyl (C=O) groups is 1. The maximum Gasteiger partial charge on any atom is 0.267 e. The first-order valence-electron chi connectivity index (χ1n) is 6.56. The molecule has 0 bridgehead atoms. The van der Waals surface area contributed by atoms with Crippen LogP contribution in [-0.4, -0.2) is 26.7 Å². The van der Waals surface area contributed by atoms with E-state index >= 15 is 0 Å². The van der Waals surface area contributed by atoms with Crippen molar-refractivity contribution in [2.45, 2.75) is 46.7 Å². The zero-order valence-corrected chi connectivity index (χ0v) is 12.1. The van der Waals surface area contributed by atoms with E-state index in [-0.39, 0.29) is 29.8 Å². The highest BCUT2D eigenvalue weighted by molar-refractivity contribution is 5.78. The number of carbonyl (C=O) groups excluding carboxylic acids is 1. The van der Waals surface area contributed by atoms with E-state index in [2.05, 4.69) is 15.5 Å². The van der Waals surface area contributed by atoms with E-state index < -0.39 is 0 Å². The van der Waals surface area contributed by atoms with E-state index in [1.807, 2.05) is 13.8 Å². The molecule has 1 atom stereocenters. The summed E-state index contributed by atoms with van der Waals surface area (Å²) in [7, 11) is 0. The molecule has 7 nitrogen and oxygen atoms in total. The summed E-state index contributed by atoms with van der Waals surface area (Å²) in [6.07, 6.45) is 0.835. The van der Waals surface area contributed by atoms with Crippen LogP contribution in [0.3, 0.4) is 0 Å². The lowest BCUT2D eigenvalue weighted by Gasteiger charge is -2.13. The van der Waals surface area contributed by atoms with E-state index in [1.165, 1.54) is 4.57 Å². The summed E-state index contributed by atoms with van der Waals surface area (Å²) in [5.74, 6) is 0.220. The van der Waals surface area contributed by atoms with Gasteiger partial charge in [-0.2, -0.15) is 4.98 Å². The number of fused-ring (bicyclic) bond motifs is 1. The minimum absolute atomic E-state index is 0.0530. The molecule has 2 aromatic heterocycles. The van der Waals surface area contributed by atoms with Crippen molar-refractivity contribution in [3.8, 4) is 0 Å². The fraction of sp³-hybridized carbons (Fsp3) is 0.538. The zero-order valence-electron chi connectivity index (χ0n) is 12.1. The van der Waals surface area contributed by atoms with Gasteiger partial charge in [-0.3, -0.25) is 14.2 Å². The molecular formula is C13H18N4O3. The van der Waals surface area contributed by atoms with E-state index in [4.69, 9.17) is 4.52 Å². The second-order valence-corrected chi connectivity index (χ2v) is 4.88. The van der Waals surface area contributed by atoms with Gasteiger partial charge in [0, 0.05) is 6.04 Å². The Balaban J connectivity index is 2.37. The van der Waals surface area contributed by atoms with Crippen LogP contribution >= 0.6 is 0 Å². The van der Waals surface area contributed by atoms with Crippen molar-refractivity contribution in [1.82, 2.24) is 20.0 Å². The highest BCUT2D eigenvalue weighted by Crippen LogP contribution is 2.11. The van der Waals surface area contributed by atoms with Gasteiger partial charge in [-0.15, -0.1) is 0 Å². The molecule has 2 heterocycles. The zero-order chi connectivity index (χ0) is 14.9. The Morgan fingerprint density at radius 3 is 2.80 bits per heavy atom. The SMILES string of the molecule is CCC(C)NC(=O)Cn1c(C)nc2onc(C)c2c1=O. The van der Waals surface area contributed by atoms with Gasteiger partial charge >= 0.3 is 0 Å². The van der Waals surface area contributed by atoms with Gasteiger partial charge in [0.15, 0.2) is 0 Å². The van der Waals surface area contributed by atoms with Crippen molar-refractivity contribution in [3.63, 3.8) is 0 Å². The molecule has 0 aliphatic carbocycles. The van der Waals surface area contributed by atoms with Crippen LogP contribution in [0.15, 0.2) is 9.32 Å². The van der Waals surface area contributed by atoms with Crippen molar-refractivity contribution in [1.29, 1.82) is 0 Å². The van der Waals surface area contributed by atoms with Crippen LogP contribution in [0, 0.1) is 13.8 Å². The van der Waals surface area contributed by atoms with Crippen LogP contribution in [0.5, 0.6) is 0 Å². The molecule has 1 amide bonds. The molecule has 7 heteroatoms. The number of hydrogen-bond acceptors (Lipinski definition) is 5. The molecule has 0 radical (unpaired) electrons. The number of nitrogens with zero attached hydrogens (tertiary/aromatic N) is 3. The number of aromatic nitrogens is 3. The maximum atomic E-state index is 12.4. The predicted octanol–water partition coefficient (Wildman–Crippen LogP) is 0.916. The maximum absolute atomic E-state index is 12.4. The van der Waals surface area contributed by atoms with Gasteiger partial charge in [0.2, 0.25) is 5.91 Å². The van der Waals surface area contributed by atoms with Gasteiger partial charge < -0.3 is 9.84 Å². The molecular weight excluding hydrogens is 260 g/mol. The lowest BCUT2D eigenvalue weighted by Crippen LogP contribution is -2.38. The molecule has 0 saturated carbocycles. The third kappa shape index (κ3) is 2.56. The van der Waals surface area contributed by atoms with Crippen molar-refractivity contribution >= 4 is 17.0 Å². The summed E-state index contributed by atoms with van der Waals surface area (Å²) >= 11 is 0. The average Bonchev–Trinajstić information content (AvgIpc) is 2.75. The van der Waals surface area contributed by atoms with E-state index in [1.54, 1.807) is 13.8 Å². The third-order valence-electron chi connectivity index (χ3n) is 3.28. The van der Waals surface area contributed by atoms with Gasteiger partial charge in [-0.25, -0.2) is 0 Å². The normalized spacial score (nSPS) is 12.6. The van der Waals surface area contributed by atoms with Gasteiger partial charge in [-0.1, -0.05) is 12.1 Å². The molecule has 2 aromatic rings. The van der Waals surface area contributed by atoms with Crippen LogP contribution < -0.4 is 10.9 Å². The van der Waals surface area contributed by atoms with Gasteiger partial charge in [0.1, 0.15) is 17.8 Å². The summed E-state index contributed by atoms with van der Waals surface area (Å²) < 4.78 is 6.31. The van der Waals surface area contributed by atoms with Crippen LogP contribution in [0.2, 0.25) is 0 Å². The van der Waals surface area contributed by atoms with Crippen molar-refractivity contribution in [2.75, 3.05) is 0 Å². The molecule has 2 rings (SSSR count). The second-order valence-electron chi connectivity index (χ2n) is 4.88. The number of amides is 1. The number of aryl methyl sites for hydroxylation is 2. The first kappa shape index (κ1) is 14.2. The lowest BCUT2D eigenvalue weighted by molar-refractivity contribution is -0.122. The molecule has 0 aliphatic heterocycles. The Bertz CT molecular complexity index is 701. The predicted molar refractivity (Wildman–Crippen MR) is 73.4 cm³/mol. The van der Waals surface area contributed by atoms with Crippen molar-refractivity contribution in [2.24, 2.45) is 0 Å². The summed E-state index contributed by atoms with van der Waals surface area (Å²) in [5, 5.41) is 6.88.